The van der Waals surface area contributed by atoms with Gasteiger partial charge >= 0.3 is 5.97 Å². The maximum Gasteiger partial charge on any atom is 0.307 e. The Morgan fingerprint density at radius 2 is 2.06 bits per heavy atom. The van der Waals surface area contributed by atoms with Crippen LogP contribution in [0.2, 0.25) is 0 Å². The third-order valence-electron chi connectivity index (χ3n) is 3.54. The summed E-state index contributed by atoms with van der Waals surface area (Å²) in [6.07, 6.45) is 0.544. The molecule has 1 rings (SSSR count). The van der Waals surface area contributed by atoms with Crippen LogP contribution in [0.4, 0.5) is 0 Å². The number of benzene rings is 1. The van der Waals surface area contributed by atoms with Gasteiger partial charge in [0, 0.05) is 6.54 Å². The van der Waals surface area contributed by atoms with Gasteiger partial charge in [-0.25, -0.2) is 0 Å². The molecule has 3 unspecified atom stereocenters. The number of nitrogens with two attached hydrogens (primary N) is 1. The van der Waals surface area contributed by atoms with Gasteiger partial charge in [0.05, 0.1) is 5.92 Å². The van der Waals surface area contributed by atoms with E-state index in [4.69, 9.17) is 10.8 Å². The number of carboxylic acid groups (broad SMARTS) is 1. The molecule has 0 aliphatic carbocycles. The van der Waals surface area contributed by atoms with E-state index >= 15 is 0 Å². The molecule has 0 amide bonds. The largest absolute Gasteiger partial charge is 0.508 e. The summed E-state index contributed by atoms with van der Waals surface area (Å²) in [5.41, 5.74) is 6.48. The minimum Gasteiger partial charge on any atom is -0.508 e. The molecule has 4 heteroatoms. The number of aromatic hydroxyl groups is 1. The van der Waals surface area contributed by atoms with Crippen LogP contribution in [0.5, 0.6) is 5.75 Å². The van der Waals surface area contributed by atoms with Gasteiger partial charge in [-0.05, 0) is 36.0 Å². The fraction of sp³-hybridized carbons (Fsp3) is 0.500. The zero-order valence-electron chi connectivity index (χ0n) is 10.8. The van der Waals surface area contributed by atoms with E-state index in [9.17, 15) is 9.90 Å². The number of hydrogen-bond donors (Lipinski definition) is 3. The fourth-order valence-corrected chi connectivity index (χ4v) is 2.09. The average molecular weight is 251 g/mol. The van der Waals surface area contributed by atoms with E-state index in [1.165, 1.54) is 0 Å². The highest BCUT2D eigenvalue weighted by Gasteiger charge is 2.23. The molecule has 4 nitrogen and oxygen atoms in total. The van der Waals surface area contributed by atoms with Gasteiger partial charge in [0.25, 0.3) is 0 Å². The summed E-state index contributed by atoms with van der Waals surface area (Å²) in [6, 6.07) is 7.09. The summed E-state index contributed by atoms with van der Waals surface area (Å²) in [4.78, 5) is 11.0. The van der Waals surface area contributed by atoms with Crippen LogP contribution in [0, 0.1) is 11.8 Å². The molecule has 0 heterocycles. The summed E-state index contributed by atoms with van der Waals surface area (Å²) in [5, 5.41) is 18.4. The third kappa shape index (κ3) is 3.74. The zero-order chi connectivity index (χ0) is 13.7. The van der Waals surface area contributed by atoms with Gasteiger partial charge in [-0.1, -0.05) is 26.0 Å². The molecule has 0 fully saturated rings. The van der Waals surface area contributed by atoms with Crippen LogP contribution in [0.15, 0.2) is 24.3 Å². The molecule has 0 saturated heterocycles. The SMILES string of the molecule is CC(CC(CN)C(=O)O)C(C)c1cccc(O)c1. The van der Waals surface area contributed by atoms with Crippen molar-refractivity contribution in [3.63, 3.8) is 0 Å². The Morgan fingerprint density at radius 1 is 1.39 bits per heavy atom. The first-order valence-electron chi connectivity index (χ1n) is 6.17. The summed E-state index contributed by atoms with van der Waals surface area (Å²) in [7, 11) is 0. The molecular formula is C14H21NO3. The predicted molar refractivity (Wildman–Crippen MR) is 70.5 cm³/mol. The lowest BCUT2D eigenvalue weighted by atomic mass is 9.83. The summed E-state index contributed by atoms with van der Waals surface area (Å²) >= 11 is 0. The topological polar surface area (TPSA) is 83.6 Å². The second kappa shape index (κ2) is 6.40. The molecule has 0 spiro atoms. The standard InChI is InChI=1S/C14H21NO3/c1-9(6-12(8-15)14(17)18)10(2)11-4-3-5-13(16)7-11/h3-5,7,9-10,12,16H,6,8,15H2,1-2H3,(H,17,18). The lowest BCUT2D eigenvalue weighted by molar-refractivity contribution is -0.142. The van der Waals surface area contributed by atoms with Crippen molar-refractivity contribution in [2.45, 2.75) is 26.2 Å². The minimum atomic E-state index is -0.840. The van der Waals surface area contributed by atoms with Crippen LogP contribution < -0.4 is 5.73 Å². The molecule has 0 aliphatic rings. The Labute approximate surface area is 107 Å². The highest BCUT2D eigenvalue weighted by Crippen LogP contribution is 2.30. The van der Waals surface area contributed by atoms with Crippen molar-refractivity contribution in [3.05, 3.63) is 29.8 Å². The molecule has 0 bridgehead atoms. The second-order valence-electron chi connectivity index (χ2n) is 4.87. The molecule has 1 aromatic rings. The Balaban J connectivity index is 2.72. The molecule has 0 saturated carbocycles. The first-order chi connectivity index (χ1) is 8.45. The van der Waals surface area contributed by atoms with Gasteiger partial charge in [0.2, 0.25) is 0 Å². The summed E-state index contributed by atoms with van der Waals surface area (Å²) in [5.74, 6) is -0.727. The predicted octanol–water partition coefficient (Wildman–Crippen LogP) is 2.18. The lowest BCUT2D eigenvalue weighted by Crippen LogP contribution is -2.26. The van der Waals surface area contributed by atoms with E-state index in [1.807, 2.05) is 19.9 Å². The van der Waals surface area contributed by atoms with Crippen LogP contribution >= 0.6 is 0 Å². The van der Waals surface area contributed by atoms with Crippen LogP contribution in [-0.4, -0.2) is 22.7 Å². The molecule has 0 aromatic heterocycles. The van der Waals surface area contributed by atoms with Crippen molar-refractivity contribution in [3.8, 4) is 5.75 Å². The van der Waals surface area contributed by atoms with E-state index in [1.54, 1.807) is 18.2 Å². The van der Waals surface area contributed by atoms with Gasteiger partial charge in [-0.15, -0.1) is 0 Å². The normalized spacial score (nSPS) is 15.9. The Bertz CT molecular complexity index is 406. The molecule has 100 valence electrons. The van der Waals surface area contributed by atoms with Crippen molar-refractivity contribution in [1.29, 1.82) is 0 Å². The van der Waals surface area contributed by atoms with Crippen LogP contribution in [0.3, 0.4) is 0 Å². The first-order valence-corrected chi connectivity index (χ1v) is 6.17. The van der Waals surface area contributed by atoms with Crippen LogP contribution in [0.1, 0.15) is 31.7 Å². The van der Waals surface area contributed by atoms with Crippen molar-refractivity contribution in [1.82, 2.24) is 0 Å². The third-order valence-corrected chi connectivity index (χ3v) is 3.54. The number of phenolic OH excluding ortho intramolecular Hbond substituents is 1. The van der Waals surface area contributed by atoms with E-state index in [0.29, 0.717) is 6.42 Å². The number of phenols is 1. The Kier molecular flexibility index (Phi) is 5.16. The number of aliphatic carboxylic acids is 1. The van der Waals surface area contributed by atoms with E-state index in [0.717, 1.165) is 5.56 Å². The molecular weight excluding hydrogens is 230 g/mol. The van der Waals surface area contributed by atoms with E-state index in [-0.39, 0.29) is 24.1 Å². The van der Waals surface area contributed by atoms with Crippen LogP contribution in [-0.2, 0) is 4.79 Å². The highest BCUT2D eigenvalue weighted by atomic mass is 16.4. The maximum atomic E-state index is 11.0. The minimum absolute atomic E-state index is 0.159. The molecule has 0 aliphatic heterocycles. The van der Waals surface area contributed by atoms with Crippen molar-refractivity contribution in [2.75, 3.05) is 6.54 Å². The number of carbonyl (C=O) groups is 1. The fourth-order valence-electron chi connectivity index (χ4n) is 2.09. The van der Waals surface area contributed by atoms with Crippen molar-refractivity contribution >= 4 is 5.97 Å². The Morgan fingerprint density at radius 3 is 2.56 bits per heavy atom. The van der Waals surface area contributed by atoms with Crippen molar-refractivity contribution < 1.29 is 15.0 Å². The molecule has 4 N–H and O–H groups in total. The van der Waals surface area contributed by atoms with Crippen LogP contribution in [0.25, 0.3) is 0 Å². The Hall–Kier alpha value is -1.55. The van der Waals surface area contributed by atoms with E-state index in [2.05, 4.69) is 0 Å². The molecule has 3 atom stereocenters. The van der Waals surface area contributed by atoms with Gasteiger partial charge < -0.3 is 15.9 Å². The van der Waals surface area contributed by atoms with Gasteiger partial charge in [0.1, 0.15) is 5.75 Å². The lowest BCUT2D eigenvalue weighted by Gasteiger charge is -2.23. The second-order valence-corrected chi connectivity index (χ2v) is 4.87. The molecule has 0 radical (unpaired) electrons. The first kappa shape index (κ1) is 14.5. The summed E-state index contributed by atoms with van der Waals surface area (Å²) in [6.45, 7) is 4.21. The van der Waals surface area contributed by atoms with E-state index < -0.39 is 11.9 Å². The summed E-state index contributed by atoms with van der Waals surface area (Å²) < 4.78 is 0. The average Bonchev–Trinajstić information content (AvgIpc) is 2.34. The van der Waals surface area contributed by atoms with Gasteiger partial charge in [0.15, 0.2) is 0 Å². The maximum absolute atomic E-state index is 11.0. The number of rotatable bonds is 6. The zero-order valence-corrected chi connectivity index (χ0v) is 10.8. The molecule has 18 heavy (non-hydrogen) atoms. The van der Waals surface area contributed by atoms with Crippen molar-refractivity contribution in [2.24, 2.45) is 17.6 Å². The van der Waals surface area contributed by atoms with Gasteiger partial charge in [-0.3, -0.25) is 4.79 Å². The number of hydrogen-bond acceptors (Lipinski definition) is 3. The van der Waals surface area contributed by atoms with Gasteiger partial charge in [-0.2, -0.15) is 0 Å². The number of carboxylic acids is 1. The smallest absolute Gasteiger partial charge is 0.307 e. The molecule has 1 aromatic carbocycles. The quantitative estimate of drug-likeness (QED) is 0.723. The monoisotopic (exact) mass is 251 g/mol. The highest BCUT2D eigenvalue weighted by molar-refractivity contribution is 5.70.